The molecule has 0 bridgehead atoms. The average Bonchev–Trinajstić information content (AvgIpc) is 2.86. The summed E-state index contributed by atoms with van der Waals surface area (Å²) in [5.74, 6) is -0.475. The predicted octanol–water partition coefficient (Wildman–Crippen LogP) is 6.09. The smallest absolute Gasteiger partial charge is 0.123 e. The zero-order valence-corrected chi connectivity index (χ0v) is 18.9. The standard InChI is InChI=1S/C29H30F2N2/c30-26-12-8-24(9-13-26)29(25-10-14-27(31)15-11-25)33-20-18-32(19-21-33)17-16-23-6-3-5-22-4-1-2-7-28(22)23/h1-2,4,7-16,29H,3,5-6,17-21H2/b23-16+. The molecule has 0 amide bonds. The van der Waals surface area contributed by atoms with Crippen LogP contribution in [0.4, 0.5) is 8.78 Å². The molecule has 1 fully saturated rings. The van der Waals surface area contributed by atoms with E-state index in [-0.39, 0.29) is 17.7 Å². The van der Waals surface area contributed by atoms with E-state index in [2.05, 4.69) is 40.1 Å². The summed E-state index contributed by atoms with van der Waals surface area (Å²) in [6.07, 6.45) is 5.99. The number of rotatable bonds is 5. The van der Waals surface area contributed by atoms with E-state index in [0.29, 0.717) is 0 Å². The Bertz CT molecular complexity index is 1050. The molecule has 1 aliphatic heterocycles. The first-order valence-electron chi connectivity index (χ1n) is 11.9. The molecule has 1 heterocycles. The molecule has 1 saturated heterocycles. The van der Waals surface area contributed by atoms with Crippen LogP contribution in [0.3, 0.4) is 0 Å². The fraction of sp³-hybridized carbons (Fsp3) is 0.310. The first-order valence-corrected chi connectivity index (χ1v) is 11.9. The molecule has 0 unspecified atom stereocenters. The number of fused-ring (bicyclic) bond motifs is 1. The van der Waals surface area contributed by atoms with Crippen LogP contribution in [0.1, 0.15) is 41.1 Å². The monoisotopic (exact) mass is 444 g/mol. The summed E-state index contributed by atoms with van der Waals surface area (Å²) in [6, 6.07) is 22.2. The van der Waals surface area contributed by atoms with Gasteiger partial charge in [0.25, 0.3) is 0 Å². The maximum absolute atomic E-state index is 13.6. The second kappa shape index (κ2) is 9.98. The zero-order valence-electron chi connectivity index (χ0n) is 18.9. The Balaban J connectivity index is 1.28. The molecule has 0 atom stereocenters. The fourth-order valence-electron chi connectivity index (χ4n) is 5.22. The van der Waals surface area contributed by atoms with Gasteiger partial charge in [-0.05, 0) is 71.4 Å². The van der Waals surface area contributed by atoms with Gasteiger partial charge in [0.2, 0.25) is 0 Å². The first-order chi connectivity index (χ1) is 16.2. The van der Waals surface area contributed by atoms with Gasteiger partial charge in [0.05, 0.1) is 6.04 Å². The molecular weight excluding hydrogens is 414 g/mol. The van der Waals surface area contributed by atoms with Crippen molar-refractivity contribution >= 4 is 5.57 Å². The van der Waals surface area contributed by atoms with Gasteiger partial charge in [0.1, 0.15) is 11.6 Å². The summed E-state index contributed by atoms with van der Waals surface area (Å²) in [5.41, 5.74) is 6.46. The quantitative estimate of drug-likeness (QED) is 0.470. The van der Waals surface area contributed by atoms with Gasteiger partial charge in [-0.3, -0.25) is 9.80 Å². The van der Waals surface area contributed by atoms with E-state index in [0.717, 1.165) is 50.3 Å². The van der Waals surface area contributed by atoms with Crippen molar-refractivity contribution in [2.75, 3.05) is 32.7 Å². The molecule has 2 nitrogen and oxygen atoms in total. The Morgan fingerprint density at radius 1 is 0.727 bits per heavy atom. The molecule has 5 rings (SSSR count). The van der Waals surface area contributed by atoms with Crippen molar-refractivity contribution in [3.63, 3.8) is 0 Å². The third-order valence-electron chi connectivity index (χ3n) is 6.99. The number of halogens is 2. The Labute approximate surface area is 195 Å². The molecule has 3 aromatic carbocycles. The lowest BCUT2D eigenvalue weighted by atomic mass is 9.87. The number of hydrogen-bond acceptors (Lipinski definition) is 2. The van der Waals surface area contributed by atoms with Crippen molar-refractivity contribution in [3.8, 4) is 0 Å². The van der Waals surface area contributed by atoms with Crippen molar-refractivity contribution in [2.24, 2.45) is 0 Å². The van der Waals surface area contributed by atoms with Crippen LogP contribution in [0.15, 0.2) is 78.9 Å². The molecule has 3 aromatic rings. The number of nitrogens with zero attached hydrogens (tertiary/aromatic N) is 2. The molecule has 0 radical (unpaired) electrons. The van der Waals surface area contributed by atoms with E-state index >= 15 is 0 Å². The van der Waals surface area contributed by atoms with Crippen molar-refractivity contribution in [3.05, 3.63) is 113 Å². The van der Waals surface area contributed by atoms with Gasteiger partial charge >= 0.3 is 0 Å². The summed E-state index contributed by atoms with van der Waals surface area (Å²) in [4.78, 5) is 4.94. The summed E-state index contributed by atoms with van der Waals surface area (Å²) < 4.78 is 27.1. The van der Waals surface area contributed by atoms with E-state index in [1.165, 1.54) is 53.8 Å². The third-order valence-corrected chi connectivity index (χ3v) is 6.99. The Kier molecular flexibility index (Phi) is 6.65. The van der Waals surface area contributed by atoms with E-state index in [4.69, 9.17) is 0 Å². The van der Waals surface area contributed by atoms with Crippen LogP contribution in [0.2, 0.25) is 0 Å². The average molecular weight is 445 g/mol. The van der Waals surface area contributed by atoms with Crippen molar-refractivity contribution in [2.45, 2.75) is 25.3 Å². The van der Waals surface area contributed by atoms with Gasteiger partial charge in [0, 0.05) is 32.7 Å². The number of allylic oxidation sites excluding steroid dienone is 1. The van der Waals surface area contributed by atoms with Crippen molar-refractivity contribution < 1.29 is 8.78 Å². The molecule has 0 N–H and O–H groups in total. The first kappa shape index (κ1) is 22.0. The SMILES string of the molecule is Fc1ccc(C(c2ccc(F)cc2)N2CCN(C/C=C3\CCCc4ccccc43)CC2)cc1. The maximum Gasteiger partial charge on any atom is 0.123 e. The van der Waals surface area contributed by atoms with E-state index in [9.17, 15) is 8.78 Å². The normalized spacial score (nSPS) is 18.6. The van der Waals surface area contributed by atoms with Crippen LogP contribution in [-0.2, 0) is 6.42 Å². The highest BCUT2D eigenvalue weighted by atomic mass is 19.1. The predicted molar refractivity (Wildman–Crippen MR) is 130 cm³/mol. The number of hydrogen-bond donors (Lipinski definition) is 0. The molecule has 33 heavy (non-hydrogen) atoms. The second-order valence-corrected chi connectivity index (χ2v) is 9.08. The Hall–Kier alpha value is -2.82. The van der Waals surface area contributed by atoms with Gasteiger partial charge < -0.3 is 0 Å². The van der Waals surface area contributed by atoms with Gasteiger partial charge in [-0.2, -0.15) is 0 Å². The molecule has 2 aliphatic rings. The largest absolute Gasteiger partial charge is 0.297 e. The molecule has 0 spiro atoms. The summed E-state index contributed by atoms with van der Waals surface area (Å²) in [5, 5.41) is 0. The zero-order chi connectivity index (χ0) is 22.6. The van der Waals surface area contributed by atoms with Crippen LogP contribution >= 0.6 is 0 Å². The minimum Gasteiger partial charge on any atom is -0.297 e. The summed E-state index contributed by atoms with van der Waals surface area (Å²) in [6.45, 7) is 4.75. The van der Waals surface area contributed by atoms with Crippen LogP contribution in [0.5, 0.6) is 0 Å². The lowest BCUT2D eigenvalue weighted by Gasteiger charge is -2.39. The second-order valence-electron chi connectivity index (χ2n) is 9.08. The van der Waals surface area contributed by atoms with Crippen LogP contribution < -0.4 is 0 Å². The topological polar surface area (TPSA) is 6.48 Å². The van der Waals surface area contributed by atoms with Gasteiger partial charge in [0.15, 0.2) is 0 Å². The van der Waals surface area contributed by atoms with Crippen LogP contribution in [0, 0.1) is 11.6 Å². The molecular formula is C29H30F2N2. The van der Waals surface area contributed by atoms with Crippen molar-refractivity contribution in [1.29, 1.82) is 0 Å². The number of piperazine rings is 1. The Morgan fingerprint density at radius 3 is 1.97 bits per heavy atom. The maximum atomic E-state index is 13.6. The highest BCUT2D eigenvalue weighted by Crippen LogP contribution is 2.32. The van der Waals surface area contributed by atoms with E-state index in [1.807, 2.05) is 24.3 Å². The van der Waals surface area contributed by atoms with E-state index < -0.39 is 0 Å². The lowest BCUT2D eigenvalue weighted by Crippen LogP contribution is -2.47. The molecule has 4 heteroatoms. The summed E-state index contributed by atoms with van der Waals surface area (Å²) in [7, 11) is 0. The minimum atomic E-state index is -0.237. The third kappa shape index (κ3) is 5.07. The molecule has 0 saturated carbocycles. The summed E-state index contributed by atoms with van der Waals surface area (Å²) >= 11 is 0. The highest BCUT2D eigenvalue weighted by Gasteiger charge is 2.26. The van der Waals surface area contributed by atoms with Crippen LogP contribution in [-0.4, -0.2) is 42.5 Å². The van der Waals surface area contributed by atoms with Crippen LogP contribution in [0.25, 0.3) is 5.57 Å². The van der Waals surface area contributed by atoms with Gasteiger partial charge in [-0.25, -0.2) is 8.78 Å². The molecule has 1 aliphatic carbocycles. The molecule has 0 aromatic heterocycles. The van der Waals surface area contributed by atoms with Gasteiger partial charge in [-0.1, -0.05) is 54.6 Å². The molecule has 170 valence electrons. The van der Waals surface area contributed by atoms with Crippen molar-refractivity contribution in [1.82, 2.24) is 9.80 Å². The number of benzene rings is 3. The number of aryl methyl sites for hydroxylation is 1. The lowest BCUT2D eigenvalue weighted by molar-refractivity contribution is 0.117. The Morgan fingerprint density at radius 2 is 1.33 bits per heavy atom. The highest BCUT2D eigenvalue weighted by molar-refractivity contribution is 5.70. The van der Waals surface area contributed by atoms with E-state index in [1.54, 1.807) is 0 Å². The fourth-order valence-corrected chi connectivity index (χ4v) is 5.22. The van der Waals surface area contributed by atoms with Gasteiger partial charge in [-0.15, -0.1) is 0 Å². The minimum absolute atomic E-state index is 0.00285.